The molecule has 1 amide bonds. The average Bonchev–Trinajstić information content (AvgIpc) is 3.20. The summed E-state index contributed by atoms with van der Waals surface area (Å²) in [5.41, 5.74) is 7.54. The fourth-order valence-electron chi connectivity index (χ4n) is 3.93. The van der Waals surface area contributed by atoms with E-state index in [1.807, 2.05) is 12.1 Å². The number of carbonyl (C=O) groups is 2. The molecule has 4 rings (SSSR count). The van der Waals surface area contributed by atoms with E-state index in [4.69, 9.17) is 43.7 Å². The Kier molecular flexibility index (Phi) is 7.42. The van der Waals surface area contributed by atoms with Crippen molar-refractivity contribution in [1.29, 1.82) is 5.41 Å². The average molecular weight is 551 g/mol. The predicted octanol–water partition coefficient (Wildman–Crippen LogP) is 6.33. The molecule has 0 aliphatic heterocycles. The minimum absolute atomic E-state index is 0.0660. The Morgan fingerprint density at radius 1 is 1.11 bits per heavy atom. The van der Waals surface area contributed by atoms with E-state index in [9.17, 15) is 14.7 Å². The number of ketones is 1. The number of nitrogens with zero attached hydrogens (tertiary/aromatic N) is 1. The van der Waals surface area contributed by atoms with E-state index in [-0.39, 0.29) is 17.2 Å². The number of furan rings is 1. The van der Waals surface area contributed by atoms with Gasteiger partial charge in [-0.25, -0.2) is 4.98 Å². The van der Waals surface area contributed by atoms with Crippen LogP contribution in [0.15, 0.2) is 59.1 Å². The third kappa shape index (κ3) is 5.19. The zero-order valence-corrected chi connectivity index (χ0v) is 22.2. The highest BCUT2D eigenvalue weighted by Gasteiger charge is 2.33. The van der Waals surface area contributed by atoms with Gasteiger partial charge >= 0.3 is 0 Å². The van der Waals surface area contributed by atoms with Gasteiger partial charge in [0.1, 0.15) is 11.3 Å². The molecule has 2 aromatic heterocycles. The molecule has 2 aromatic carbocycles. The number of nitrogens with two attached hydrogens (primary N) is 1. The lowest BCUT2D eigenvalue weighted by Crippen LogP contribution is -2.31. The molecule has 2 heterocycles. The number of Topliss-reactive ketones (excluding diaryl/α,β-unsaturated/α-hetero) is 1. The van der Waals surface area contributed by atoms with E-state index >= 15 is 0 Å². The number of hydrogen-bond donors (Lipinski definition) is 4. The van der Waals surface area contributed by atoms with E-state index < -0.39 is 17.3 Å². The second kappa shape index (κ2) is 10.4. The lowest BCUT2D eigenvalue weighted by Gasteiger charge is -2.14. The maximum absolute atomic E-state index is 13.0. The first-order valence-electron chi connectivity index (χ1n) is 11.5. The molecule has 8 nitrogen and oxygen atoms in total. The highest BCUT2D eigenvalue weighted by Crippen LogP contribution is 2.41. The van der Waals surface area contributed by atoms with Crippen molar-refractivity contribution in [3.8, 4) is 22.4 Å². The Morgan fingerprint density at radius 2 is 1.79 bits per heavy atom. The summed E-state index contributed by atoms with van der Waals surface area (Å²) in [7, 11) is 0. The van der Waals surface area contributed by atoms with Crippen LogP contribution < -0.4 is 11.1 Å². The molecule has 5 N–H and O–H groups in total. The Labute approximate surface area is 228 Å². The quantitative estimate of drug-likeness (QED) is 0.156. The topological polar surface area (TPSA) is 142 Å². The molecule has 38 heavy (non-hydrogen) atoms. The molecule has 0 atom stereocenters. The van der Waals surface area contributed by atoms with Gasteiger partial charge in [0, 0.05) is 41.1 Å². The van der Waals surface area contributed by atoms with Gasteiger partial charge in [-0.05, 0) is 49.2 Å². The highest BCUT2D eigenvalue weighted by atomic mass is 35.5. The van der Waals surface area contributed by atoms with E-state index in [0.717, 1.165) is 11.8 Å². The number of fused-ring (bicyclic) bond motifs is 1. The van der Waals surface area contributed by atoms with Gasteiger partial charge in [0.15, 0.2) is 5.76 Å². The summed E-state index contributed by atoms with van der Waals surface area (Å²) in [6, 6.07) is 14.0. The molecule has 0 saturated heterocycles. The maximum atomic E-state index is 13.0. The minimum atomic E-state index is -1.76. The molecule has 0 saturated carbocycles. The summed E-state index contributed by atoms with van der Waals surface area (Å²) in [5, 5.41) is 21.8. The zero-order valence-electron chi connectivity index (χ0n) is 20.7. The number of halogens is 2. The number of anilines is 1. The first kappa shape index (κ1) is 27.1. The third-order valence-corrected chi connectivity index (χ3v) is 6.36. The fraction of sp³-hybridized carbons (Fsp3) is 0.143. The van der Waals surface area contributed by atoms with Crippen LogP contribution in [-0.4, -0.2) is 33.6 Å². The highest BCUT2D eigenvalue weighted by molar-refractivity contribution is 6.34. The van der Waals surface area contributed by atoms with Crippen LogP contribution in [0.3, 0.4) is 0 Å². The monoisotopic (exact) mass is 550 g/mol. The van der Waals surface area contributed by atoms with Gasteiger partial charge in [-0.2, -0.15) is 0 Å². The van der Waals surface area contributed by atoms with E-state index in [1.165, 1.54) is 27.0 Å². The van der Waals surface area contributed by atoms with Crippen molar-refractivity contribution >= 4 is 63.5 Å². The second-order valence-corrected chi connectivity index (χ2v) is 9.92. The Morgan fingerprint density at radius 3 is 2.34 bits per heavy atom. The molecule has 0 bridgehead atoms. The number of aromatic nitrogens is 1. The van der Waals surface area contributed by atoms with Gasteiger partial charge in [-0.1, -0.05) is 47.5 Å². The zero-order chi connectivity index (χ0) is 27.8. The molecule has 0 fully saturated rings. The summed E-state index contributed by atoms with van der Waals surface area (Å²) < 4.78 is 5.84. The third-order valence-electron chi connectivity index (χ3n) is 5.79. The van der Waals surface area contributed by atoms with Crippen LogP contribution in [0.2, 0.25) is 10.0 Å². The van der Waals surface area contributed by atoms with Crippen LogP contribution in [-0.2, 0) is 4.79 Å². The number of rotatable bonds is 7. The van der Waals surface area contributed by atoms with Crippen LogP contribution in [0.25, 0.3) is 39.1 Å². The number of allylic oxidation sites excluding steroid dienone is 1. The van der Waals surface area contributed by atoms with Gasteiger partial charge in [0.25, 0.3) is 0 Å². The fourth-order valence-corrected chi connectivity index (χ4v) is 4.33. The van der Waals surface area contributed by atoms with E-state index in [1.54, 1.807) is 36.4 Å². The number of nitrogens with one attached hydrogen (secondary N) is 2. The Hall–Kier alpha value is -3.98. The molecular weight excluding hydrogens is 527 g/mol. The van der Waals surface area contributed by atoms with E-state index in [2.05, 4.69) is 5.32 Å². The molecule has 0 aliphatic carbocycles. The molecular formula is C28H24Cl2N4O4. The largest absolute Gasteiger partial charge is 0.432 e. The van der Waals surface area contributed by atoms with Crippen LogP contribution in [0.4, 0.5) is 5.69 Å². The molecule has 0 aliphatic rings. The van der Waals surface area contributed by atoms with E-state index in [0.29, 0.717) is 43.4 Å². The van der Waals surface area contributed by atoms with Crippen molar-refractivity contribution in [3.63, 3.8) is 0 Å². The standard InChI is InChI=1S/C28H24Cl2N4O4/c1-14(35)33-24-21-11-20(15-4-7-18(29)8-5-15)23(34-27(21)38-25(24)26(36)28(2,3)37)19-9-6-16(10-22(19)30)17(12-31)13-32/h4-13,31,37H,32H2,1-3H3,(H,33,35)/b17-13+,31-12?. The van der Waals surface area contributed by atoms with Crippen molar-refractivity contribution in [3.05, 3.63) is 76.1 Å². The van der Waals surface area contributed by atoms with Crippen molar-refractivity contribution in [2.45, 2.75) is 26.4 Å². The number of aliphatic hydroxyl groups is 1. The second-order valence-electron chi connectivity index (χ2n) is 9.08. The lowest BCUT2D eigenvalue weighted by molar-refractivity contribution is -0.114. The van der Waals surface area contributed by atoms with Crippen LogP contribution in [0.1, 0.15) is 36.9 Å². The summed E-state index contributed by atoms with van der Waals surface area (Å²) in [6.45, 7) is 3.97. The first-order chi connectivity index (χ1) is 17.9. The number of pyridine rings is 1. The smallest absolute Gasteiger partial charge is 0.231 e. The molecule has 0 spiro atoms. The summed E-state index contributed by atoms with van der Waals surface area (Å²) in [5.74, 6) is -1.37. The lowest BCUT2D eigenvalue weighted by atomic mass is 9.96. The number of hydrogen-bond acceptors (Lipinski definition) is 7. The molecule has 4 aromatic rings. The van der Waals surface area contributed by atoms with Gasteiger partial charge in [-0.3, -0.25) is 9.59 Å². The van der Waals surface area contributed by atoms with Gasteiger partial charge in [-0.15, -0.1) is 0 Å². The number of carbonyl (C=O) groups excluding carboxylic acids is 2. The van der Waals surface area contributed by atoms with Crippen molar-refractivity contribution in [2.24, 2.45) is 5.73 Å². The molecule has 0 radical (unpaired) electrons. The van der Waals surface area contributed by atoms with Crippen LogP contribution in [0.5, 0.6) is 0 Å². The SMILES string of the molecule is CC(=O)Nc1c(C(=O)C(C)(C)O)oc2nc(-c3ccc(/C(C=N)=C/N)cc3Cl)c(-c3ccc(Cl)cc3)cc12. The Balaban J connectivity index is 2.05. The van der Waals surface area contributed by atoms with Crippen molar-refractivity contribution in [2.75, 3.05) is 5.32 Å². The van der Waals surface area contributed by atoms with Gasteiger partial charge in [0.2, 0.25) is 17.4 Å². The van der Waals surface area contributed by atoms with Crippen LogP contribution >= 0.6 is 23.2 Å². The number of amides is 1. The molecule has 0 unspecified atom stereocenters. The molecule has 10 heteroatoms. The van der Waals surface area contributed by atoms with Gasteiger partial charge < -0.3 is 26.0 Å². The van der Waals surface area contributed by atoms with Crippen molar-refractivity contribution < 1.29 is 19.1 Å². The normalized spacial score (nSPS) is 12.0. The summed E-state index contributed by atoms with van der Waals surface area (Å²) >= 11 is 12.8. The number of benzene rings is 2. The summed E-state index contributed by atoms with van der Waals surface area (Å²) in [4.78, 5) is 29.8. The predicted molar refractivity (Wildman–Crippen MR) is 151 cm³/mol. The first-order valence-corrected chi connectivity index (χ1v) is 12.2. The van der Waals surface area contributed by atoms with Crippen LogP contribution in [0, 0.1) is 5.41 Å². The maximum Gasteiger partial charge on any atom is 0.231 e. The van der Waals surface area contributed by atoms with Gasteiger partial charge in [0.05, 0.1) is 16.1 Å². The summed E-state index contributed by atoms with van der Waals surface area (Å²) in [6.07, 6.45) is 2.44. The molecule has 194 valence electrons. The van der Waals surface area contributed by atoms with Crippen molar-refractivity contribution in [1.82, 2.24) is 4.98 Å². The Bertz CT molecular complexity index is 1620. The minimum Gasteiger partial charge on any atom is -0.432 e.